The van der Waals surface area contributed by atoms with Crippen LogP contribution < -0.4 is 0 Å². The summed E-state index contributed by atoms with van der Waals surface area (Å²) >= 11 is 0. The van der Waals surface area contributed by atoms with Gasteiger partial charge in [-0.2, -0.15) is 0 Å². The van der Waals surface area contributed by atoms with Crippen LogP contribution in [0, 0.1) is 22.5 Å². The fourth-order valence-electron chi connectivity index (χ4n) is 1.81. The Labute approximate surface area is 93.4 Å². The van der Waals surface area contributed by atoms with E-state index in [1.807, 2.05) is 0 Å². The molecule has 2 rings (SSSR count). The summed E-state index contributed by atoms with van der Waals surface area (Å²) < 4.78 is 6.62. The average Bonchev–Trinajstić information content (AvgIpc) is 2.54. The summed E-state index contributed by atoms with van der Waals surface area (Å²) in [6, 6.07) is 1.50. The van der Waals surface area contributed by atoms with Gasteiger partial charge in [0.1, 0.15) is 6.54 Å². The highest BCUT2D eigenvalue weighted by atomic mass is 16.6. The van der Waals surface area contributed by atoms with Gasteiger partial charge in [0.15, 0.2) is 0 Å². The summed E-state index contributed by atoms with van der Waals surface area (Å²) in [7, 11) is 0. The zero-order chi connectivity index (χ0) is 11.8. The predicted octanol–water partition coefficient (Wildman–Crippen LogP) is 1.53. The standard InChI is InChI=1S/C10H15N3O3/c1-8-5-9(13(14)15)12(11-8)4-3-10(2)6-16-7-10/h5H,3-4,6-7H2,1-2H3. The molecule has 6 heteroatoms. The van der Waals surface area contributed by atoms with Crippen molar-refractivity contribution in [2.24, 2.45) is 5.41 Å². The quantitative estimate of drug-likeness (QED) is 0.575. The summed E-state index contributed by atoms with van der Waals surface area (Å²) in [6.45, 7) is 5.93. The van der Waals surface area contributed by atoms with Crippen molar-refractivity contribution in [1.82, 2.24) is 9.78 Å². The molecule has 1 aromatic heterocycles. The van der Waals surface area contributed by atoms with E-state index in [1.54, 1.807) is 6.92 Å². The molecule has 0 amide bonds. The van der Waals surface area contributed by atoms with Crippen molar-refractivity contribution in [3.8, 4) is 0 Å². The third kappa shape index (κ3) is 2.06. The molecule has 0 aromatic carbocycles. The Morgan fingerprint density at radius 3 is 2.88 bits per heavy atom. The molecule has 1 aliphatic heterocycles. The molecule has 1 aliphatic rings. The first kappa shape index (κ1) is 11.1. The van der Waals surface area contributed by atoms with Crippen LogP contribution in [0.5, 0.6) is 0 Å². The molecule has 0 unspecified atom stereocenters. The minimum atomic E-state index is -0.389. The molecule has 0 N–H and O–H groups in total. The Hall–Kier alpha value is -1.43. The Morgan fingerprint density at radius 1 is 1.69 bits per heavy atom. The fraction of sp³-hybridized carbons (Fsp3) is 0.700. The topological polar surface area (TPSA) is 70.2 Å². The number of ether oxygens (including phenoxy) is 1. The molecule has 0 aliphatic carbocycles. The van der Waals surface area contributed by atoms with Crippen molar-refractivity contribution in [2.75, 3.05) is 13.2 Å². The molecule has 0 spiro atoms. The van der Waals surface area contributed by atoms with E-state index in [2.05, 4.69) is 12.0 Å². The van der Waals surface area contributed by atoms with E-state index in [0.717, 1.165) is 19.6 Å². The van der Waals surface area contributed by atoms with Gasteiger partial charge in [0.05, 0.1) is 25.0 Å². The van der Waals surface area contributed by atoms with Crippen LogP contribution in [0.15, 0.2) is 6.07 Å². The summed E-state index contributed by atoms with van der Waals surface area (Å²) in [4.78, 5) is 10.4. The highest BCUT2D eigenvalue weighted by molar-refractivity contribution is 5.21. The molecular formula is C10H15N3O3. The van der Waals surface area contributed by atoms with Crippen LogP contribution in [-0.2, 0) is 11.3 Å². The first-order valence-corrected chi connectivity index (χ1v) is 5.27. The van der Waals surface area contributed by atoms with Gasteiger partial charge in [0, 0.05) is 5.41 Å². The number of hydrogen-bond donors (Lipinski definition) is 0. The number of rotatable bonds is 4. The molecule has 16 heavy (non-hydrogen) atoms. The minimum Gasteiger partial charge on any atom is -0.380 e. The normalized spacial score (nSPS) is 18.1. The Morgan fingerprint density at radius 2 is 2.38 bits per heavy atom. The van der Waals surface area contributed by atoms with Gasteiger partial charge < -0.3 is 14.9 Å². The highest BCUT2D eigenvalue weighted by Gasteiger charge is 2.34. The minimum absolute atomic E-state index is 0.0707. The lowest BCUT2D eigenvalue weighted by molar-refractivity contribution is -0.392. The van der Waals surface area contributed by atoms with Crippen molar-refractivity contribution >= 4 is 5.82 Å². The molecule has 1 saturated heterocycles. The van der Waals surface area contributed by atoms with Gasteiger partial charge in [0.2, 0.25) is 0 Å². The fourth-order valence-corrected chi connectivity index (χ4v) is 1.81. The monoisotopic (exact) mass is 225 g/mol. The van der Waals surface area contributed by atoms with E-state index >= 15 is 0 Å². The van der Waals surface area contributed by atoms with Crippen LogP contribution in [0.3, 0.4) is 0 Å². The number of hydrogen-bond acceptors (Lipinski definition) is 4. The third-order valence-electron chi connectivity index (χ3n) is 2.90. The Bertz CT molecular complexity index is 409. The molecular weight excluding hydrogens is 210 g/mol. The molecule has 88 valence electrons. The second-order valence-corrected chi connectivity index (χ2v) is 4.68. The van der Waals surface area contributed by atoms with Gasteiger partial charge >= 0.3 is 5.82 Å². The summed E-state index contributed by atoms with van der Waals surface area (Å²) in [6.07, 6.45) is 0.856. The van der Waals surface area contributed by atoms with Crippen molar-refractivity contribution in [1.29, 1.82) is 0 Å². The number of nitrogens with zero attached hydrogens (tertiary/aromatic N) is 3. The second-order valence-electron chi connectivity index (χ2n) is 4.68. The first-order chi connectivity index (χ1) is 7.50. The lowest BCUT2D eigenvalue weighted by atomic mass is 9.85. The summed E-state index contributed by atoms with van der Waals surface area (Å²) in [5.41, 5.74) is 0.843. The maximum absolute atomic E-state index is 10.8. The molecule has 0 saturated carbocycles. The van der Waals surface area contributed by atoms with Crippen molar-refractivity contribution in [2.45, 2.75) is 26.8 Å². The SMILES string of the molecule is Cc1cc([N+](=O)[O-])n(CCC2(C)COC2)n1. The molecule has 1 aromatic rings. The molecule has 6 nitrogen and oxygen atoms in total. The van der Waals surface area contributed by atoms with Crippen LogP contribution in [0.25, 0.3) is 0 Å². The molecule has 0 bridgehead atoms. The van der Waals surface area contributed by atoms with E-state index < -0.39 is 0 Å². The average molecular weight is 225 g/mol. The zero-order valence-corrected chi connectivity index (χ0v) is 9.47. The predicted molar refractivity (Wildman–Crippen MR) is 57.2 cm³/mol. The zero-order valence-electron chi connectivity index (χ0n) is 9.47. The maximum atomic E-state index is 10.8. The third-order valence-corrected chi connectivity index (χ3v) is 2.90. The number of aryl methyl sites for hydroxylation is 2. The first-order valence-electron chi connectivity index (χ1n) is 5.27. The van der Waals surface area contributed by atoms with Gasteiger partial charge in [0.25, 0.3) is 0 Å². The van der Waals surface area contributed by atoms with Gasteiger partial charge in [-0.05, 0) is 18.3 Å². The molecule has 1 fully saturated rings. The lowest BCUT2D eigenvalue weighted by Crippen LogP contribution is -2.40. The van der Waals surface area contributed by atoms with E-state index in [0.29, 0.717) is 12.2 Å². The molecule has 0 atom stereocenters. The van der Waals surface area contributed by atoms with E-state index in [4.69, 9.17) is 4.74 Å². The Balaban J connectivity index is 2.05. The van der Waals surface area contributed by atoms with Crippen LogP contribution >= 0.6 is 0 Å². The van der Waals surface area contributed by atoms with Crippen molar-refractivity contribution in [3.63, 3.8) is 0 Å². The van der Waals surface area contributed by atoms with Gasteiger partial charge in [-0.15, -0.1) is 4.68 Å². The maximum Gasteiger partial charge on any atom is 0.345 e. The van der Waals surface area contributed by atoms with E-state index in [-0.39, 0.29) is 16.2 Å². The van der Waals surface area contributed by atoms with Crippen molar-refractivity contribution < 1.29 is 9.66 Å². The number of aromatic nitrogens is 2. The van der Waals surface area contributed by atoms with Crippen LogP contribution in [-0.4, -0.2) is 27.9 Å². The van der Waals surface area contributed by atoms with Gasteiger partial charge in [-0.1, -0.05) is 12.0 Å². The summed E-state index contributed by atoms with van der Waals surface area (Å²) in [5.74, 6) is 0.0707. The van der Waals surface area contributed by atoms with Crippen LogP contribution in [0.4, 0.5) is 5.82 Å². The largest absolute Gasteiger partial charge is 0.380 e. The summed E-state index contributed by atoms with van der Waals surface area (Å²) in [5, 5.41) is 14.9. The second kappa shape index (κ2) is 3.86. The lowest BCUT2D eigenvalue weighted by Gasteiger charge is -2.37. The molecule has 2 heterocycles. The van der Waals surface area contributed by atoms with Crippen LogP contribution in [0.1, 0.15) is 19.0 Å². The molecule has 0 radical (unpaired) electrons. The van der Waals surface area contributed by atoms with Crippen LogP contribution in [0.2, 0.25) is 0 Å². The van der Waals surface area contributed by atoms with Gasteiger partial charge in [-0.25, -0.2) is 0 Å². The van der Waals surface area contributed by atoms with E-state index in [1.165, 1.54) is 10.7 Å². The Kier molecular flexibility index (Phi) is 2.67. The highest BCUT2D eigenvalue weighted by Crippen LogP contribution is 2.31. The smallest absolute Gasteiger partial charge is 0.345 e. The van der Waals surface area contributed by atoms with E-state index in [9.17, 15) is 10.1 Å². The van der Waals surface area contributed by atoms with Gasteiger partial charge in [-0.3, -0.25) is 0 Å². The number of nitro groups is 1. The van der Waals surface area contributed by atoms with Crippen molar-refractivity contribution in [3.05, 3.63) is 21.9 Å².